The zero-order valence-corrected chi connectivity index (χ0v) is 11.7. The quantitative estimate of drug-likeness (QED) is 0.912. The second-order valence-corrected chi connectivity index (χ2v) is 5.01. The predicted octanol–water partition coefficient (Wildman–Crippen LogP) is 3.15. The van der Waals surface area contributed by atoms with E-state index in [9.17, 15) is 5.11 Å². The number of halogens is 1. The van der Waals surface area contributed by atoms with Crippen LogP contribution in [0.15, 0.2) is 41.0 Å². The lowest BCUT2D eigenvalue weighted by Gasteiger charge is -2.07. The SMILES string of the molecule is Cc1cccnc1CNCc1ccc(O)c(Br)c1. The average Bonchev–Trinajstić information content (AvgIpc) is 2.36. The molecule has 1 aromatic carbocycles. The number of aromatic hydroxyl groups is 1. The molecule has 0 saturated carbocycles. The molecular formula is C14H15BrN2O. The van der Waals surface area contributed by atoms with Gasteiger partial charge >= 0.3 is 0 Å². The van der Waals surface area contributed by atoms with E-state index in [1.807, 2.05) is 18.2 Å². The highest BCUT2D eigenvalue weighted by Crippen LogP contribution is 2.24. The molecule has 0 atom stereocenters. The standard InChI is InChI=1S/C14H15BrN2O/c1-10-3-2-6-17-13(10)9-16-8-11-4-5-14(18)12(15)7-11/h2-7,16,18H,8-9H2,1H3. The van der Waals surface area contributed by atoms with Crippen LogP contribution in [0.3, 0.4) is 0 Å². The molecular weight excluding hydrogens is 292 g/mol. The maximum atomic E-state index is 9.41. The molecule has 0 saturated heterocycles. The van der Waals surface area contributed by atoms with Crippen LogP contribution in [-0.2, 0) is 13.1 Å². The number of pyridine rings is 1. The number of phenolic OH excluding ortho intramolecular Hbond substituents is 1. The minimum absolute atomic E-state index is 0.263. The molecule has 0 radical (unpaired) electrons. The summed E-state index contributed by atoms with van der Waals surface area (Å²) >= 11 is 3.30. The van der Waals surface area contributed by atoms with Crippen LogP contribution in [-0.4, -0.2) is 10.1 Å². The lowest BCUT2D eigenvalue weighted by atomic mass is 10.2. The van der Waals surface area contributed by atoms with E-state index < -0.39 is 0 Å². The molecule has 0 spiro atoms. The lowest BCUT2D eigenvalue weighted by Crippen LogP contribution is -2.14. The first-order chi connectivity index (χ1) is 8.66. The first-order valence-corrected chi connectivity index (χ1v) is 6.54. The summed E-state index contributed by atoms with van der Waals surface area (Å²) in [7, 11) is 0. The van der Waals surface area contributed by atoms with Crippen molar-refractivity contribution in [3.63, 3.8) is 0 Å². The number of nitrogens with one attached hydrogen (secondary N) is 1. The number of hydrogen-bond donors (Lipinski definition) is 2. The maximum absolute atomic E-state index is 9.41. The van der Waals surface area contributed by atoms with Gasteiger partial charge in [-0.25, -0.2) is 0 Å². The number of phenols is 1. The Kier molecular flexibility index (Phi) is 4.33. The van der Waals surface area contributed by atoms with Gasteiger partial charge < -0.3 is 10.4 Å². The summed E-state index contributed by atoms with van der Waals surface area (Å²) in [5.74, 6) is 0.263. The minimum Gasteiger partial charge on any atom is -0.507 e. The van der Waals surface area contributed by atoms with E-state index in [1.54, 1.807) is 12.3 Å². The smallest absolute Gasteiger partial charge is 0.129 e. The highest BCUT2D eigenvalue weighted by atomic mass is 79.9. The van der Waals surface area contributed by atoms with Crippen molar-refractivity contribution < 1.29 is 5.11 Å². The van der Waals surface area contributed by atoms with Crippen LogP contribution >= 0.6 is 15.9 Å². The first-order valence-electron chi connectivity index (χ1n) is 5.75. The van der Waals surface area contributed by atoms with Crippen molar-refractivity contribution in [3.05, 3.63) is 57.8 Å². The van der Waals surface area contributed by atoms with Crippen molar-refractivity contribution in [1.29, 1.82) is 0 Å². The van der Waals surface area contributed by atoms with Gasteiger partial charge in [0.2, 0.25) is 0 Å². The number of rotatable bonds is 4. The molecule has 18 heavy (non-hydrogen) atoms. The van der Waals surface area contributed by atoms with Crippen LogP contribution < -0.4 is 5.32 Å². The number of aromatic nitrogens is 1. The number of hydrogen-bond acceptors (Lipinski definition) is 3. The molecule has 0 aliphatic carbocycles. The Morgan fingerprint density at radius 2 is 2.11 bits per heavy atom. The summed E-state index contributed by atoms with van der Waals surface area (Å²) in [5, 5.41) is 12.7. The topological polar surface area (TPSA) is 45.2 Å². The highest BCUT2D eigenvalue weighted by Gasteiger charge is 2.01. The molecule has 94 valence electrons. The van der Waals surface area contributed by atoms with Crippen LogP contribution in [0.2, 0.25) is 0 Å². The highest BCUT2D eigenvalue weighted by molar-refractivity contribution is 9.10. The van der Waals surface area contributed by atoms with Crippen molar-refractivity contribution in [2.75, 3.05) is 0 Å². The van der Waals surface area contributed by atoms with Gasteiger partial charge in [0.05, 0.1) is 10.2 Å². The Morgan fingerprint density at radius 3 is 2.83 bits per heavy atom. The van der Waals surface area contributed by atoms with Crippen LogP contribution in [0, 0.1) is 6.92 Å². The van der Waals surface area contributed by atoms with E-state index >= 15 is 0 Å². The van der Waals surface area contributed by atoms with Gasteiger partial charge in [0.15, 0.2) is 0 Å². The van der Waals surface area contributed by atoms with Crippen LogP contribution in [0.25, 0.3) is 0 Å². The van der Waals surface area contributed by atoms with Gasteiger partial charge in [-0.05, 0) is 52.2 Å². The minimum atomic E-state index is 0.263. The fourth-order valence-corrected chi connectivity index (χ4v) is 2.12. The summed E-state index contributed by atoms with van der Waals surface area (Å²) in [6.07, 6.45) is 1.81. The van der Waals surface area contributed by atoms with Crippen molar-refractivity contribution >= 4 is 15.9 Å². The zero-order chi connectivity index (χ0) is 13.0. The molecule has 2 N–H and O–H groups in total. The fourth-order valence-electron chi connectivity index (χ4n) is 1.69. The third-order valence-electron chi connectivity index (χ3n) is 2.75. The van der Waals surface area contributed by atoms with Crippen LogP contribution in [0.5, 0.6) is 5.75 Å². The molecule has 2 rings (SSSR count). The molecule has 0 aliphatic heterocycles. The van der Waals surface area contributed by atoms with E-state index in [0.29, 0.717) is 0 Å². The molecule has 0 unspecified atom stereocenters. The summed E-state index contributed by atoms with van der Waals surface area (Å²) in [6, 6.07) is 9.50. The number of aryl methyl sites for hydroxylation is 1. The van der Waals surface area contributed by atoms with Gasteiger partial charge in [-0.2, -0.15) is 0 Å². The molecule has 4 heteroatoms. The van der Waals surface area contributed by atoms with Gasteiger partial charge in [0.1, 0.15) is 5.75 Å². The second kappa shape index (κ2) is 5.98. The Labute approximate surface area is 115 Å². The maximum Gasteiger partial charge on any atom is 0.129 e. The van der Waals surface area contributed by atoms with E-state index in [2.05, 4.69) is 39.2 Å². The average molecular weight is 307 g/mol. The third kappa shape index (κ3) is 3.31. The van der Waals surface area contributed by atoms with E-state index in [1.165, 1.54) is 5.56 Å². The Balaban J connectivity index is 1.92. The second-order valence-electron chi connectivity index (χ2n) is 4.16. The van der Waals surface area contributed by atoms with Crippen molar-refractivity contribution in [2.24, 2.45) is 0 Å². The Hall–Kier alpha value is -1.39. The Bertz CT molecular complexity index is 543. The molecule has 2 aromatic rings. The van der Waals surface area contributed by atoms with Crippen molar-refractivity contribution in [3.8, 4) is 5.75 Å². The number of nitrogens with zero attached hydrogens (tertiary/aromatic N) is 1. The zero-order valence-electron chi connectivity index (χ0n) is 10.2. The van der Waals surface area contributed by atoms with Crippen LogP contribution in [0.1, 0.15) is 16.8 Å². The van der Waals surface area contributed by atoms with Gasteiger partial charge in [-0.3, -0.25) is 4.98 Å². The molecule has 0 fully saturated rings. The molecule has 1 heterocycles. The third-order valence-corrected chi connectivity index (χ3v) is 3.39. The molecule has 0 amide bonds. The van der Waals surface area contributed by atoms with E-state index in [0.717, 1.165) is 28.8 Å². The first kappa shape index (κ1) is 13.1. The van der Waals surface area contributed by atoms with Crippen LogP contribution in [0.4, 0.5) is 0 Å². The molecule has 0 aliphatic rings. The summed E-state index contributed by atoms with van der Waals surface area (Å²) in [6.45, 7) is 3.54. The number of benzene rings is 1. The molecule has 3 nitrogen and oxygen atoms in total. The summed E-state index contributed by atoms with van der Waals surface area (Å²) < 4.78 is 0.718. The molecule has 1 aromatic heterocycles. The van der Waals surface area contributed by atoms with E-state index in [-0.39, 0.29) is 5.75 Å². The molecule has 0 bridgehead atoms. The van der Waals surface area contributed by atoms with Gasteiger partial charge in [-0.1, -0.05) is 12.1 Å². The predicted molar refractivity (Wildman–Crippen MR) is 75.3 cm³/mol. The van der Waals surface area contributed by atoms with Gasteiger partial charge in [-0.15, -0.1) is 0 Å². The van der Waals surface area contributed by atoms with Crippen molar-refractivity contribution in [1.82, 2.24) is 10.3 Å². The summed E-state index contributed by atoms with van der Waals surface area (Å²) in [5.41, 5.74) is 3.38. The van der Waals surface area contributed by atoms with Gasteiger partial charge in [0.25, 0.3) is 0 Å². The van der Waals surface area contributed by atoms with E-state index in [4.69, 9.17) is 0 Å². The Morgan fingerprint density at radius 1 is 1.28 bits per heavy atom. The monoisotopic (exact) mass is 306 g/mol. The fraction of sp³-hybridized carbons (Fsp3) is 0.214. The normalized spacial score (nSPS) is 10.6. The lowest BCUT2D eigenvalue weighted by molar-refractivity contribution is 0.471. The largest absolute Gasteiger partial charge is 0.507 e. The van der Waals surface area contributed by atoms with Crippen molar-refractivity contribution in [2.45, 2.75) is 20.0 Å². The summed E-state index contributed by atoms with van der Waals surface area (Å²) in [4.78, 5) is 4.33. The van der Waals surface area contributed by atoms with Gasteiger partial charge in [0, 0.05) is 19.3 Å².